The zero-order valence-corrected chi connectivity index (χ0v) is 8.58. The van der Waals surface area contributed by atoms with Crippen LogP contribution in [-0.4, -0.2) is 17.1 Å². The third-order valence-electron chi connectivity index (χ3n) is 1.75. The number of aromatic nitrogens is 2. The van der Waals surface area contributed by atoms with Crippen LogP contribution in [0.3, 0.4) is 0 Å². The molecule has 0 radical (unpaired) electrons. The molecule has 2 aromatic rings. The van der Waals surface area contributed by atoms with Gasteiger partial charge in [0.1, 0.15) is 0 Å². The highest BCUT2D eigenvalue weighted by molar-refractivity contribution is 9.10. The topological polar surface area (TPSA) is 35.0 Å². The minimum atomic E-state index is 0.590. The van der Waals surface area contributed by atoms with Crippen LogP contribution in [0.2, 0.25) is 0 Å². The van der Waals surface area contributed by atoms with E-state index < -0.39 is 0 Å². The molecule has 0 aromatic carbocycles. The van der Waals surface area contributed by atoms with Crippen molar-refractivity contribution >= 4 is 26.8 Å². The Labute approximate surface area is 83.9 Å². The minimum Gasteiger partial charge on any atom is -0.481 e. The summed E-state index contributed by atoms with van der Waals surface area (Å²) < 4.78 is 6.00. The number of halogens is 1. The van der Waals surface area contributed by atoms with Crippen molar-refractivity contribution in [1.82, 2.24) is 9.97 Å². The molecule has 0 fully saturated rings. The summed E-state index contributed by atoms with van der Waals surface area (Å²) in [5.41, 5.74) is 0.828. The SMILES string of the molecule is COc1cc(Br)c2ccncc2n1. The van der Waals surface area contributed by atoms with Crippen LogP contribution in [0.4, 0.5) is 0 Å². The lowest BCUT2D eigenvalue weighted by Crippen LogP contribution is -1.89. The van der Waals surface area contributed by atoms with Crippen LogP contribution in [0.1, 0.15) is 0 Å². The third kappa shape index (κ3) is 1.49. The van der Waals surface area contributed by atoms with Gasteiger partial charge in [0.15, 0.2) is 0 Å². The van der Waals surface area contributed by atoms with E-state index in [-0.39, 0.29) is 0 Å². The molecule has 0 saturated carbocycles. The average molecular weight is 239 g/mol. The van der Waals surface area contributed by atoms with Gasteiger partial charge in [-0.15, -0.1) is 0 Å². The van der Waals surface area contributed by atoms with Crippen LogP contribution in [0.15, 0.2) is 29.0 Å². The Bertz CT molecular complexity index is 445. The molecule has 4 heteroatoms. The van der Waals surface area contributed by atoms with Gasteiger partial charge in [-0.25, -0.2) is 4.98 Å². The first-order chi connectivity index (χ1) is 6.31. The Kier molecular flexibility index (Phi) is 2.14. The molecule has 0 N–H and O–H groups in total. The van der Waals surface area contributed by atoms with Gasteiger partial charge >= 0.3 is 0 Å². The highest BCUT2D eigenvalue weighted by atomic mass is 79.9. The van der Waals surface area contributed by atoms with Crippen molar-refractivity contribution in [3.8, 4) is 5.88 Å². The molecule has 0 aliphatic heterocycles. The smallest absolute Gasteiger partial charge is 0.214 e. The Morgan fingerprint density at radius 2 is 2.31 bits per heavy atom. The fourth-order valence-corrected chi connectivity index (χ4v) is 1.65. The second kappa shape index (κ2) is 3.30. The molecule has 0 spiro atoms. The van der Waals surface area contributed by atoms with Crippen molar-refractivity contribution in [3.05, 3.63) is 29.0 Å². The Morgan fingerprint density at radius 1 is 1.46 bits per heavy atom. The molecule has 66 valence electrons. The van der Waals surface area contributed by atoms with Crippen LogP contribution in [-0.2, 0) is 0 Å². The monoisotopic (exact) mass is 238 g/mol. The first kappa shape index (κ1) is 8.44. The largest absolute Gasteiger partial charge is 0.481 e. The predicted octanol–water partition coefficient (Wildman–Crippen LogP) is 2.40. The fourth-order valence-electron chi connectivity index (χ4n) is 1.12. The lowest BCUT2D eigenvalue weighted by Gasteiger charge is -2.02. The second-order valence-electron chi connectivity index (χ2n) is 2.54. The van der Waals surface area contributed by atoms with Crippen molar-refractivity contribution < 1.29 is 4.74 Å². The standard InChI is InChI=1S/C9H7BrN2O/c1-13-9-4-7(10)6-2-3-11-5-8(6)12-9/h2-5H,1H3. The van der Waals surface area contributed by atoms with E-state index in [0.717, 1.165) is 15.4 Å². The summed E-state index contributed by atoms with van der Waals surface area (Å²) >= 11 is 3.44. The van der Waals surface area contributed by atoms with E-state index in [0.29, 0.717) is 5.88 Å². The van der Waals surface area contributed by atoms with E-state index >= 15 is 0 Å². The molecule has 13 heavy (non-hydrogen) atoms. The Hall–Kier alpha value is -1.16. The lowest BCUT2D eigenvalue weighted by molar-refractivity contribution is 0.399. The van der Waals surface area contributed by atoms with Gasteiger partial charge in [-0.1, -0.05) is 0 Å². The molecule has 3 nitrogen and oxygen atoms in total. The molecular weight excluding hydrogens is 232 g/mol. The molecule has 0 aliphatic carbocycles. The maximum absolute atomic E-state index is 5.03. The quantitative estimate of drug-likeness (QED) is 0.766. The molecular formula is C9H7BrN2O. The summed E-state index contributed by atoms with van der Waals surface area (Å²) in [5.74, 6) is 0.590. The maximum Gasteiger partial charge on any atom is 0.214 e. The molecule has 0 atom stereocenters. The molecule has 2 aromatic heterocycles. The number of nitrogens with zero attached hydrogens (tertiary/aromatic N) is 2. The van der Waals surface area contributed by atoms with Crippen molar-refractivity contribution in [3.63, 3.8) is 0 Å². The van der Waals surface area contributed by atoms with E-state index in [1.54, 1.807) is 19.5 Å². The first-order valence-electron chi connectivity index (χ1n) is 3.75. The highest BCUT2D eigenvalue weighted by Crippen LogP contribution is 2.25. The summed E-state index contributed by atoms with van der Waals surface area (Å²) in [4.78, 5) is 8.23. The van der Waals surface area contributed by atoms with Gasteiger partial charge in [0.05, 0.1) is 18.8 Å². The summed E-state index contributed by atoms with van der Waals surface area (Å²) in [7, 11) is 1.59. The van der Waals surface area contributed by atoms with E-state index in [9.17, 15) is 0 Å². The lowest BCUT2D eigenvalue weighted by atomic mass is 10.3. The van der Waals surface area contributed by atoms with Gasteiger partial charge in [-0.2, -0.15) is 0 Å². The van der Waals surface area contributed by atoms with Crippen LogP contribution in [0, 0.1) is 0 Å². The molecule has 0 unspecified atom stereocenters. The molecule has 2 heterocycles. The van der Waals surface area contributed by atoms with Gasteiger partial charge in [-0.3, -0.25) is 4.98 Å². The average Bonchev–Trinajstić information content (AvgIpc) is 2.18. The van der Waals surface area contributed by atoms with Crippen LogP contribution in [0.25, 0.3) is 10.9 Å². The summed E-state index contributed by atoms with van der Waals surface area (Å²) in [6.45, 7) is 0. The zero-order chi connectivity index (χ0) is 9.26. The van der Waals surface area contributed by atoms with Gasteiger partial charge in [-0.05, 0) is 22.0 Å². The normalized spacial score (nSPS) is 10.3. The second-order valence-corrected chi connectivity index (χ2v) is 3.39. The van der Waals surface area contributed by atoms with Crippen LogP contribution < -0.4 is 4.74 Å². The zero-order valence-electron chi connectivity index (χ0n) is 6.99. The molecule has 0 bridgehead atoms. The van der Waals surface area contributed by atoms with Gasteiger partial charge in [0, 0.05) is 22.1 Å². The third-order valence-corrected chi connectivity index (χ3v) is 2.40. The van der Waals surface area contributed by atoms with Gasteiger partial charge in [0.2, 0.25) is 5.88 Å². The van der Waals surface area contributed by atoms with E-state index in [1.165, 1.54) is 0 Å². The van der Waals surface area contributed by atoms with Crippen molar-refractivity contribution in [2.75, 3.05) is 7.11 Å². The predicted molar refractivity (Wildman–Crippen MR) is 53.8 cm³/mol. The van der Waals surface area contributed by atoms with E-state index in [1.807, 2.05) is 12.1 Å². The number of hydrogen-bond donors (Lipinski definition) is 0. The Balaban J connectivity index is 2.77. The number of methoxy groups -OCH3 is 1. The fraction of sp³-hybridized carbons (Fsp3) is 0.111. The summed E-state index contributed by atoms with van der Waals surface area (Å²) in [6, 6.07) is 3.74. The molecule has 0 aliphatic rings. The summed E-state index contributed by atoms with van der Waals surface area (Å²) in [6.07, 6.45) is 3.45. The number of ether oxygens (including phenoxy) is 1. The van der Waals surface area contributed by atoms with Gasteiger partial charge < -0.3 is 4.74 Å². The van der Waals surface area contributed by atoms with E-state index in [4.69, 9.17) is 4.74 Å². The van der Waals surface area contributed by atoms with Crippen LogP contribution >= 0.6 is 15.9 Å². The number of hydrogen-bond acceptors (Lipinski definition) is 3. The number of pyridine rings is 2. The van der Waals surface area contributed by atoms with Crippen molar-refractivity contribution in [2.24, 2.45) is 0 Å². The van der Waals surface area contributed by atoms with Crippen molar-refractivity contribution in [1.29, 1.82) is 0 Å². The highest BCUT2D eigenvalue weighted by Gasteiger charge is 2.02. The van der Waals surface area contributed by atoms with Crippen molar-refractivity contribution in [2.45, 2.75) is 0 Å². The molecule has 2 rings (SSSR count). The molecule has 0 amide bonds. The van der Waals surface area contributed by atoms with Crippen LogP contribution in [0.5, 0.6) is 5.88 Å². The van der Waals surface area contributed by atoms with E-state index in [2.05, 4.69) is 25.9 Å². The first-order valence-corrected chi connectivity index (χ1v) is 4.55. The van der Waals surface area contributed by atoms with Gasteiger partial charge in [0.25, 0.3) is 0 Å². The Morgan fingerprint density at radius 3 is 3.08 bits per heavy atom. The minimum absolute atomic E-state index is 0.590. The molecule has 0 saturated heterocycles. The number of rotatable bonds is 1. The summed E-state index contributed by atoms with van der Waals surface area (Å²) in [5, 5.41) is 1.04. The maximum atomic E-state index is 5.03. The number of fused-ring (bicyclic) bond motifs is 1.